The van der Waals surface area contributed by atoms with Gasteiger partial charge in [0.2, 0.25) is 0 Å². The predicted octanol–water partition coefficient (Wildman–Crippen LogP) is 1.96. The Bertz CT molecular complexity index is 611. The van der Waals surface area contributed by atoms with Gasteiger partial charge in [0, 0.05) is 11.3 Å². The van der Waals surface area contributed by atoms with E-state index in [0.717, 1.165) is 6.42 Å². The Hall–Kier alpha value is -2.11. The van der Waals surface area contributed by atoms with Gasteiger partial charge in [0.15, 0.2) is 5.78 Å². The Balaban J connectivity index is 2.23. The monoisotopic (exact) mass is 292 g/mol. The van der Waals surface area contributed by atoms with E-state index in [1.165, 1.54) is 6.92 Å². The van der Waals surface area contributed by atoms with Crippen LogP contribution in [0.15, 0.2) is 0 Å². The smallest absolute Gasteiger partial charge is 0.305 e. The van der Waals surface area contributed by atoms with E-state index in [2.05, 4.69) is 10.3 Å². The number of carbonyl (C=O) groups is 3. The van der Waals surface area contributed by atoms with Crippen molar-refractivity contribution in [2.24, 2.45) is 0 Å². The molecule has 0 unspecified atom stereocenters. The molecule has 1 fully saturated rings. The molecular formula is C15H20N2O4. The molecule has 1 aromatic rings. The van der Waals surface area contributed by atoms with Gasteiger partial charge in [-0.05, 0) is 45.6 Å². The van der Waals surface area contributed by atoms with Gasteiger partial charge in [-0.15, -0.1) is 0 Å². The van der Waals surface area contributed by atoms with Crippen LogP contribution in [0, 0.1) is 13.8 Å². The predicted molar refractivity (Wildman–Crippen MR) is 76.6 cm³/mol. The molecule has 0 atom stereocenters. The van der Waals surface area contributed by atoms with Gasteiger partial charge in [-0.25, -0.2) is 0 Å². The molecule has 0 bridgehead atoms. The molecule has 0 spiro atoms. The molecule has 1 aliphatic carbocycles. The molecule has 114 valence electrons. The van der Waals surface area contributed by atoms with Gasteiger partial charge in [0.05, 0.1) is 12.0 Å². The standard InChI is InChI=1S/C15H20N2O4/c1-8-12(10(3)18)9(2)16-13(8)14(21)17-15(5-4-6-15)7-11(19)20/h16H,4-7H2,1-3H3,(H,17,21)(H,19,20). The lowest BCUT2D eigenvalue weighted by Gasteiger charge is -2.41. The Kier molecular flexibility index (Phi) is 3.89. The van der Waals surface area contributed by atoms with Crippen LogP contribution >= 0.6 is 0 Å². The molecule has 0 aliphatic heterocycles. The zero-order chi connectivity index (χ0) is 15.8. The summed E-state index contributed by atoms with van der Waals surface area (Å²) in [5, 5.41) is 11.8. The Labute approximate surface area is 122 Å². The maximum absolute atomic E-state index is 12.4. The number of ketones is 1. The number of hydrogen-bond acceptors (Lipinski definition) is 3. The number of amides is 1. The van der Waals surface area contributed by atoms with E-state index in [9.17, 15) is 14.4 Å². The molecule has 1 aliphatic rings. The van der Waals surface area contributed by atoms with Crippen LogP contribution in [-0.2, 0) is 4.79 Å². The summed E-state index contributed by atoms with van der Waals surface area (Å²) in [6, 6.07) is 0. The quantitative estimate of drug-likeness (QED) is 0.722. The minimum absolute atomic E-state index is 0.0724. The van der Waals surface area contributed by atoms with Crippen molar-refractivity contribution in [3.63, 3.8) is 0 Å². The number of carbonyl (C=O) groups excluding carboxylic acids is 2. The minimum atomic E-state index is -0.918. The van der Waals surface area contributed by atoms with E-state index in [4.69, 9.17) is 5.11 Å². The number of nitrogens with one attached hydrogen (secondary N) is 2. The highest BCUT2D eigenvalue weighted by Crippen LogP contribution is 2.35. The number of carboxylic acids is 1. The first-order valence-electron chi connectivity index (χ1n) is 7.00. The third-order valence-electron chi connectivity index (χ3n) is 4.20. The summed E-state index contributed by atoms with van der Waals surface area (Å²) in [5.74, 6) is -1.35. The van der Waals surface area contributed by atoms with Gasteiger partial charge < -0.3 is 15.4 Å². The third-order valence-corrected chi connectivity index (χ3v) is 4.20. The van der Waals surface area contributed by atoms with Crippen molar-refractivity contribution in [2.75, 3.05) is 0 Å². The molecule has 2 rings (SSSR count). The Morgan fingerprint density at radius 3 is 2.29 bits per heavy atom. The van der Waals surface area contributed by atoms with Crippen LogP contribution in [0.25, 0.3) is 0 Å². The zero-order valence-electron chi connectivity index (χ0n) is 12.5. The van der Waals surface area contributed by atoms with Crippen molar-refractivity contribution in [2.45, 2.75) is 52.0 Å². The zero-order valence-corrected chi connectivity index (χ0v) is 12.5. The van der Waals surface area contributed by atoms with Crippen molar-refractivity contribution in [3.8, 4) is 0 Å². The highest BCUT2D eigenvalue weighted by atomic mass is 16.4. The number of aromatic amines is 1. The van der Waals surface area contributed by atoms with Gasteiger partial charge in [0.25, 0.3) is 5.91 Å². The van der Waals surface area contributed by atoms with E-state index < -0.39 is 11.5 Å². The van der Waals surface area contributed by atoms with Gasteiger partial charge >= 0.3 is 5.97 Å². The van der Waals surface area contributed by atoms with Crippen LogP contribution in [0.1, 0.15) is 64.7 Å². The van der Waals surface area contributed by atoms with E-state index in [-0.39, 0.29) is 18.1 Å². The second-order valence-electron chi connectivity index (χ2n) is 5.84. The summed E-state index contributed by atoms with van der Waals surface area (Å²) in [7, 11) is 0. The number of hydrogen-bond donors (Lipinski definition) is 3. The largest absolute Gasteiger partial charge is 0.481 e. The molecule has 6 heteroatoms. The lowest BCUT2D eigenvalue weighted by Crippen LogP contribution is -2.54. The van der Waals surface area contributed by atoms with Crippen molar-refractivity contribution in [1.29, 1.82) is 0 Å². The fourth-order valence-electron chi connectivity index (χ4n) is 3.05. The van der Waals surface area contributed by atoms with Crippen molar-refractivity contribution in [1.82, 2.24) is 10.3 Å². The number of carboxylic acid groups (broad SMARTS) is 1. The summed E-state index contributed by atoms with van der Waals surface area (Å²) >= 11 is 0. The number of Topliss-reactive ketones (excluding diaryl/α,β-unsaturated/α-hetero) is 1. The number of aromatic nitrogens is 1. The second-order valence-corrected chi connectivity index (χ2v) is 5.84. The molecule has 1 amide bonds. The average molecular weight is 292 g/mol. The maximum Gasteiger partial charge on any atom is 0.305 e. The molecular weight excluding hydrogens is 272 g/mol. The van der Waals surface area contributed by atoms with Crippen LogP contribution in [0.3, 0.4) is 0 Å². The van der Waals surface area contributed by atoms with Crippen LogP contribution < -0.4 is 5.32 Å². The highest BCUT2D eigenvalue weighted by Gasteiger charge is 2.41. The highest BCUT2D eigenvalue weighted by molar-refractivity contribution is 6.02. The molecule has 1 aromatic heterocycles. The third kappa shape index (κ3) is 2.84. The first-order chi connectivity index (χ1) is 9.76. The molecule has 1 saturated carbocycles. The molecule has 21 heavy (non-hydrogen) atoms. The van der Waals surface area contributed by atoms with E-state index >= 15 is 0 Å². The molecule has 0 radical (unpaired) electrons. The summed E-state index contributed by atoms with van der Waals surface area (Å²) in [5.41, 5.74) is 1.49. The van der Waals surface area contributed by atoms with E-state index in [1.807, 2.05) is 0 Å². The lowest BCUT2D eigenvalue weighted by molar-refractivity contribution is -0.139. The van der Waals surface area contributed by atoms with Crippen molar-refractivity contribution >= 4 is 17.7 Å². The Morgan fingerprint density at radius 1 is 1.29 bits per heavy atom. The molecule has 3 N–H and O–H groups in total. The normalized spacial score (nSPS) is 16.1. The Morgan fingerprint density at radius 2 is 1.90 bits per heavy atom. The molecule has 1 heterocycles. The SMILES string of the molecule is CC(=O)c1c(C)[nH]c(C(=O)NC2(CC(=O)O)CCC2)c1C. The molecule has 6 nitrogen and oxygen atoms in total. The average Bonchev–Trinajstić information content (AvgIpc) is 2.61. The van der Waals surface area contributed by atoms with E-state index in [0.29, 0.717) is 35.4 Å². The van der Waals surface area contributed by atoms with Gasteiger partial charge in [-0.2, -0.15) is 0 Å². The fourth-order valence-corrected chi connectivity index (χ4v) is 3.05. The molecule has 0 saturated heterocycles. The summed E-state index contributed by atoms with van der Waals surface area (Å²) in [6.45, 7) is 4.93. The fraction of sp³-hybridized carbons (Fsp3) is 0.533. The lowest BCUT2D eigenvalue weighted by atomic mass is 9.74. The number of aliphatic carboxylic acids is 1. The number of aryl methyl sites for hydroxylation is 1. The van der Waals surface area contributed by atoms with Crippen LogP contribution in [-0.4, -0.2) is 33.3 Å². The van der Waals surface area contributed by atoms with E-state index in [1.54, 1.807) is 13.8 Å². The second kappa shape index (κ2) is 5.35. The summed E-state index contributed by atoms with van der Waals surface area (Å²) in [6.07, 6.45) is 2.18. The minimum Gasteiger partial charge on any atom is -0.481 e. The topological polar surface area (TPSA) is 99.3 Å². The first-order valence-corrected chi connectivity index (χ1v) is 7.00. The molecule has 0 aromatic carbocycles. The van der Waals surface area contributed by atoms with Gasteiger partial charge in [0.1, 0.15) is 5.69 Å². The maximum atomic E-state index is 12.4. The summed E-state index contributed by atoms with van der Waals surface area (Å²) in [4.78, 5) is 37.9. The van der Waals surface area contributed by atoms with Crippen LogP contribution in [0.2, 0.25) is 0 Å². The van der Waals surface area contributed by atoms with Gasteiger partial charge in [-0.3, -0.25) is 14.4 Å². The first kappa shape index (κ1) is 15.3. The summed E-state index contributed by atoms with van der Waals surface area (Å²) < 4.78 is 0. The van der Waals surface area contributed by atoms with Crippen molar-refractivity contribution < 1.29 is 19.5 Å². The number of H-pyrrole nitrogens is 1. The van der Waals surface area contributed by atoms with Crippen LogP contribution in [0.5, 0.6) is 0 Å². The van der Waals surface area contributed by atoms with Crippen LogP contribution in [0.4, 0.5) is 0 Å². The number of rotatable bonds is 5. The van der Waals surface area contributed by atoms with Crippen molar-refractivity contribution in [3.05, 3.63) is 22.5 Å². The van der Waals surface area contributed by atoms with Gasteiger partial charge in [-0.1, -0.05) is 0 Å².